The van der Waals surface area contributed by atoms with Gasteiger partial charge < -0.3 is 5.32 Å². The molecule has 0 aromatic rings. The molecule has 1 fully saturated rings. The van der Waals surface area contributed by atoms with Gasteiger partial charge in [0.05, 0.1) is 0 Å². The van der Waals surface area contributed by atoms with E-state index in [4.69, 9.17) is 0 Å². The monoisotopic (exact) mass is 254 g/mol. The van der Waals surface area contributed by atoms with Gasteiger partial charge in [-0.05, 0) is 32.1 Å². The number of nitrogens with zero attached hydrogens (tertiary/aromatic N) is 1. The fourth-order valence-corrected chi connectivity index (χ4v) is 3.23. The molecule has 0 aromatic carbocycles. The molecule has 1 aliphatic rings. The summed E-state index contributed by atoms with van der Waals surface area (Å²) in [4.78, 5) is 2.78. The van der Waals surface area contributed by atoms with Crippen LogP contribution in [0.1, 0.15) is 66.7 Å². The van der Waals surface area contributed by atoms with Gasteiger partial charge in [0.2, 0.25) is 0 Å². The number of piperazine rings is 1. The molecule has 0 amide bonds. The van der Waals surface area contributed by atoms with E-state index in [1.807, 2.05) is 0 Å². The van der Waals surface area contributed by atoms with Crippen LogP contribution < -0.4 is 5.32 Å². The van der Waals surface area contributed by atoms with Gasteiger partial charge in [0.25, 0.3) is 0 Å². The summed E-state index contributed by atoms with van der Waals surface area (Å²) in [7, 11) is 0. The Labute approximate surface area is 115 Å². The Bertz CT molecular complexity index is 217. The smallest absolute Gasteiger partial charge is 0.0221 e. The highest BCUT2D eigenvalue weighted by atomic mass is 15.2. The summed E-state index contributed by atoms with van der Waals surface area (Å²) in [5.41, 5.74) is 0. The number of hydrogen-bond acceptors (Lipinski definition) is 2. The summed E-state index contributed by atoms with van der Waals surface area (Å²) in [5, 5.41) is 3.73. The first kappa shape index (κ1) is 16.0. The third-order valence-electron chi connectivity index (χ3n) is 4.66. The van der Waals surface area contributed by atoms with Gasteiger partial charge >= 0.3 is 0 Å². The summed E-state index contributed by atoms with van der Waals surface area (Å²) in [5.74, 6) is 0.858. The lowest BCUT2D eigenvalue weighted by Crippen LogP contribution is -2.58. The maximum absolute atomic E-state index is 3.73. The van der Waals surface area contributed by atoms with E-state index < -0.39 is 0 Å². The first-order chi connectivity index (χ1) is 8.62. The third-order valence-corrected chi connectivity index (χ3v) is 4.66. The predicted octanol–water partition coefficient (Wildman–Crippen LogP) is 3.66. The van der Waals surface area contributed by atoms with Gasteiger partial charge in [-0.3, -0.25) is 4.90 Å². The van der Waals surface area contributed by atoms with E-state index in [1.165, 1.54) is 45.2 Å². The van der Waals surface area contributed by atoms with Crippen LogP contribution in [-0.4, -0.2) is 36.1 Å². The average molecular weight is 254 g/mol. The molecule has 0 radical (unpaired) electrons. The molecule has 4 atom stereocenters. The molecule has 0 spiro atoms. The van der Waals surface area contributed by atoms with Crippen molar-refractivity contribution >= 4 is 0 Å². The lowest BCUT2D eigenvalue weighted by Gasteiger charge is -2.44. The van der Waals surface area contributed by atoms with Crippen molar-refractivity contribution in [3.8, 4) is 0 Å². The van der Waals surface area contributed by atoms with Crippen LogP contribution in [0.2, 0.25) is 0 Å². The first-order valence-corrected chi connectivity index (χ1v) is 8.11. The zero-order valence-electron chi connectivity index (χ0n) is 13.2. The zero-order chi connectivity index (χ0) is 13.5. The van der Waals surface area contributed by atoms with E-state index in [0.29, 0.717) is 0 Å². The van der Waals surface area contributed by atoms with Gasteiger partial charge in [0.1, 0.15) is 0 Å². The van der Waals surface area contributed by atoms with E-state index in [0.717, 1.165) is 24.0 Å². The van der Waals surface area contributed by atoms with Gasteiger partial charge in [0.15, 0.2) is 0 Å². The molecule has 4 unspecified atom stereocenters. The molecular formula is C16H34N2. The Kier molecular flexibility index (Phi) is 7.25. The van der Waals surface area contributed by atoms with Crippen molar-refractivity contribution in [2.45, 2.75) is 84.8 Å². The molecule has 1 heterocycles. The van der Waals surface area contributed by atoms with Crippen molar-refractivity contribution in [3.63, 3.8) is 0 Å². The maximum Gasteiger partial charge on any atom is 0.0221 e. The van der Waals surface area contributed by atoms with E-state index >= 15 is 0 Å². The SMILES string of the molecule is CCCC1CN(C(C)CC(C)CC)C(CC)CN1. The second-order valence-corrected chi connectivity index (χ2v) is 6.25. The third kappa shape index (κ3) is 4.55. The van der Waals surface area contributed by atoms with Crippen LogP contribution in [0.4, 0.5) is 0 Å². The summed E-state index contributed by atoms with van der Waals surface area (Å²) in [6, 6.07) is 2.21. The van der Waals surface area contributed by atoms with Gasteiger partial charge in [-0.2, -0.15) is 0 Å². The van der Waals surface area contributed by atoms with E-state index in [-0.39, 0.29) is 0 Å². The predicted molar refractivity (Wildman–Crippen MR) is 81.0 cm³/mol. The van der Waals surface area contributed by atoms with Crippen molar-refractivity contribution in [3.05, 3.63) is 0 Å². The minimum atomic E-state index is 0.720. The molecule has 0 saturated carbocycles. The molecule has 1 aliphatic heterocycles. The van der Waals surface area contributed by atoms with Crippen LogP contribution in [0.25, 0.3) is 0 Å². The molecule has 2 nitrogen and oxygen atoms in total. The molecule has 1 rings (SSSR count). The molecular weight excluding hydrogens is 220 g/mol. The fraction of sp³-hybridized carbons (Fsp3) is 1.00. The Hall–Kier alpha value is -0.0800. The molecule has 1 saturated heterocycles. The fourth-order valence-electron chi connectivity index (χ4n) is 3.23. The number of nitrogens with one attached hydrogen (secondary N) is 1. The molecule has 108 valence electrons. The standard InChI is InChI=1S/C16H34N2/c1-6-9-15-12-18(16(8-3)11-17-15)14(5)10-13(4)7-2/h13-17H,6-12H2,1-5H3. The summed E-state index contributed by atoms with van der Waals surface area (Å²) in [6.07, 6.45) is 6.55. The van der Waals surface area contributed by atoms with Crippen LogP contribution in [0.3, 0.4) is 0 Å². The van der Waals surface area contributed by atoms with Crippen molar-refractivity contribution in [2.24, 2.45) is 5.92 Å². The normalized spacial score (nSPS) is 29.2. The average Bonchev–Trinajstić information content (AvgIpc) is 2.38. The van der Waals surface area contributed by atoms with Gasteiger partial charge in [-0.25, -0.2) is 0 Å². The van der Waals surface area contributed by atoms with Crippen LogP contribution in [0.5, 0.6) is 0 Å². The van der Waals surface area contributed by atoms with Crippen molar-refractivity contribution < 1.29 is 0 Å². The molecule has 1 N–H and O–H groups in total. The van der Waals surface area contributed by atoms with E-state index in [9.17, 15) is 0 Å². The first-order valence-electron chi connectivity index (χ1n) is 8.11. The molecule has 0 aromatic heterocycles. The van der Waals surface area contributed by atoms with Crippen LogP contribution >= 0.6 is 0 Å². The number of rotatable bonds is 7. The molecule has 0 aliphatic carbocycles. The van der Waals surface area contributed by atoms with Gasteiger partial charge in [-0.1, -0.05) is 40.5 Å². The van der Waals surface area contributed by atoms with Crippen molar-refractivity contribution in [1.82, 2.24) is 10.2 Å². The number of hydrogen-bond donors (Lipinski definition) is 1. The zero-order valence-corrected chi connectivity index (χ0v) is 13.2. The topological polar surface area (TPSA) is 15.3 Å². The van der Waals surface area contributed by atoms with Crippen LogP contribution in [-0.2, 0) is 0 Å². The minimum absolute atomic E-state index is 0.720. The Morgan fingerprint density at radius 1 is 1.22 bits per heavy atom. The summed E-state index contributed by atoms with van der Waals surface area (Å²) >= 11 is 0. The van der Waals surface area contributed by atoms with E-state index in [1.54, 1.807) is 0 Å². The summed E-state index contributed by atoms with van der Waals surface area (Å²) in [6.45, 7) is 14.2. The van der Waals surface area contributed by atoms with Crippen molar-refractivity contribution in [2.75, 3.05) is 13.1 Å². The molecule has 2 heteroatoms. The van der Waals surface area contributed by atoms with Gasteiger partial charge in [0, 0.05) is 31.2 Å². The largest absolute Gasteiger partial charge is 0.311 e. The summed E-state index contributed by atoms with van der Waals surface area (Å²) < 4.78 is 0. The highest BCUT2D eigenvalue weighted by Gasteiger charge is 2.29. The van der Waals surface area contributed by atoms with Crippen molar-refractivity contribution in [1.29, 1.82) is 0 Å². The quantitative estimate of drug-likeness (QED) is 0.746. The second-order valence-electron chi connectivity index (χ2n) is 6.25. The van der Waals surface area contributed by atoms with Gasteiger partial charge in [-0.15, -0.1) is 0 Å². The van der Waals surface area contributed by atoms with Crippen LogP contribution in [0.15, 0.2) is 0 Å². The minimum Gasteiger partial charge on any atom is -0.311 e. The highest BCUT2D eigenvalue weighted by molar-refractivity contribution is 4.88. The Morgan fingerprint density at radius 2 is 1.94 bits per heavy atom. The highest BCUT2D eigenvalue weighted by Crippen LogP contribution is 2.21. The molecule has 18 heavy (non-hydrogen) atoms. The maximum atomic E-state index is 3.73. The Balaban J connectivity index is 2.55. The van der Waals surface area contributed by atoms with Crippen LogP contribution in [0, 0.1) is 5.92 Å². The van der Waals surface area contributed by atoms with E-state index in [2.05, 4.69) is 44.8 Å². The lowest BCUT2D eigenvalue weighted by atomic mass is 9.95. The second kappa shape index (κ2) is 8.16. The molecule has 0 bridgehead atoms. The Morgan fingerprint density at radius 3 is 2.50 bits per heavy atom. The lowest BCUT2D eigenvalue weighted by molar-refractivity contribution is 0.0726.